The third kappa shape index (κ3) is 4.39. The van der Waals surface area contributed by atoms with Crippen molar-refractivity contribution in [1.29, 1.82) is 0 Å². The maximum Gasteiger partial charge on any atom is 0.179 e. The summed E-state index contributed by atoms with van der Waals surface area (Å²) in [4.78, 5) is 11.3. The predicted octanol–water partition coefficient (Wildman–Crippen LogP) is 3.63. The van der Waals surface area contributed by atoms with Crippen LogP contribution in [-0.2, 0) is 6.54 Å². The molecule has 2 aromatic rings. The fourth-order valence-corrected chi connectivity index (χ4v) is 3.56. The number of fused-ring (bicyclic) bond motifs is 1. The number of rotatable bonds is 8. The monoisotopic (exact) mass is 366 g/mol. The number of aliphatic imine (C=N–C) groups is 1. The lowest BCUT2D eigenvalue weighted by atomic mass is 10.1. The van der Waals surface area contributed by atoms with E-state index < -0.39 is 0 Å². The average Bonchev–Trinajstić information content (AvgIpc) is 3.37. The molecule has 1 N–H and O–H groups in total. The summed E-state index contributed by atoms with van der Waals surface area (Å²) in [6, 6.07) is 8.10. The normalized spacial score (nSPS) is 15.7. The smallest absolute Gasteiger partial charge is 0.179 e. The maximum atomic E-state index is 5.89. The summed E-state index contributed by atoms with van der Waals surface area (Å²) in [5, 5.41) is 3.32. The van der Waals surface area contributed by atoms with E-state index in [-0.39, 0.29) is 0 Å². The Morgan fingerprint density at radius 1 is 1.15 bits per heavy atom. The van der Waals surface area contributed by atoms with E-state index in [1.807, 2.05) is 18.3 Å². The van der Waals surface area contributed by atoms with Gasteiger partial charge in [-0.25, -0.2) is 4.98 Å². The Labute approximate surface area is 160 Å². The summed E-state index contributed by atoms with van der Waals surface area (Å²) < 4.78 is 11.4. The molecular weight excluding hydrogens is 340 g/mol. The SMILES string of the molecule is COc1cc(Nc2ccc3c(c2)C=NC3)ncc1OCCCN1CCCC1. The molecule has 0 bridgehead atoms. The number of hydrogen-bond acceptors (Lipinski definition) is 6. The minimum Gasteiger partial charge on any atom is -0.493 e. The molecule has 142 valence electrons. The van der Waals surface area contributed by atoms with E-state index >= 15 is 0 Å². The summed E-state index contributed by atoms with van der Waals surface area (Å²) >= 11 is 0. The van der Waals surface area contributed by atoms with Crippen molar-refractivity contribution in [2.24, 2.45) is 4.99 Å². The number of hydrogen-bond donors (Lipinski definition) is 1. The molecule has 1 fully saturated rings. The van der Waals surface area contributed by atoms with Gasteiger partial charge in [-0.2, -0.15) is 0 Å². The Morgan fingerprint density at radius 2 is 2.04 bits per heavy atom. The molecule has 1 saturated heterocycles. The molecule has 2 aliphatic rings. The van der Waals surface area contributed by atoms with Gasteiger partial charge in [-0.05, 0) is 55.6 Å². The molecule has 3 heterocycles. The minimum atomic E-state index is 0.672. The zero-order valence-corrected chi connectivity index (χ0v) is 15.8. The molecule has 27 heavy (non-hydrogen) atoms. The van der Waals surface area contributed by atoms with E-state index in [9.17, 15) is 0 Å². The minimum absolute atomic E-state index is 0.672. The number of nitrogens with zero attached hydrogens (tertiary/aromatic N) is 3. The van der Waals surface area contributed by atoms with Crippen molar-refractivity contribution in [3.8, 4) is 11.5 Å². The van der Waals surface area contributed by atoms with Gasteiger partial charge in [0.1, 0.15) is 5.82 Å². The first-order valence-corrected chi connectivity index (χ1v) is 9.61. The number of likely N-dealkylation sites (tertiary alicyclic amines) is 1. The number of nitrogens with one attached hydrogen (secondary N) is 1. The second kappa shape index (κ2) is 8.39. The number of pyridine rings is 1. The van der Waals surface area contributed by atoms with Crippen molar-refractivity contribution < 1.29 is 9.47 Å². The highest BCUT2D eigenvalue weighted by atomic mass is 16.5. The van der Waals surface area contributed by atoms with E-state index in [4.69, 9.17) is 9.47 Å². The largest absolute Gasteiger partial charge is 0.493 e. The van der Waals surface area contributed by atoms with Crippen LogP contribution in [0.15, 0.2) is 35.5 Å². The Bertz CT molecular complexity index is 816. The molecule has 0 amide bonds. The Balaban J connectivity index is 1.35. The summed E-state index contributed by atoms with van der Waals surface area (Å²) in [6.07, 6.45) is 7.30. The van der Waals surface area contributed by atoms with Crippen molar-refractivity contribution in [3.63, 3.8) is 0 Å². The van der Waals surface area contributed by atoms with Gasteiger partial charge >= 0.3 is 0 Å². The third-order valence-corrected chi connectivity index (χ3v) is 5.04. The van der Waals surface area contributed by atoms with Crippen molar-refractivity contribution in [3.05, 3.63) is 41.6 Å². The van der Waals surface area contributed by atoms with Crippen LogP contribution in [0, 0.1) is 0 Å². The van der Waals surface area contributed by atoms with Crippen LogP contribution in [0.5, 0.6) is 11.5 Å². The molecule has 1 aromatic carbocycles. The summed E-state index contributed by atoms with van der Waals surface area (Å²) in [5.41, 5.74) is 3.39. The second-order valence-corrected chi connectivity index (χ2v) is 6.98. The van der Waals surface area contributed by atoms with Gasteiger partial charge in [-0.1, -0.05) is 6.07 Å². The van der Waals surface area contributed by atoms with E-state index in [1.54, 1.807) is 13.3 Å². The molecule has 1 aromatic heterocycles. The highest BCUT2D eigenvalue weighted by molar-refractivity contribution is 5.86. The molecule has 0 aliphatic carbocycles. The van der Waals surface area contributed by atoms with E-state index in [1.165, 1.54) is 31.5 Å². The molecule has 6 nitrogen and oxygen atoms in total. The lowest BCUT2D eigenvalue weighted by molar-refractivity contribution is 0.253. The molecule has 4 rings (SSSR count). The zero-order chi connectivity index (χ0) is 18.5. The van der Waals surface area contributed by atoms with Crippen molar-refractivity contribution in [2.75, 3.05) is 38.7 Å². The van der Waals surface area contributed by atoms with Crippen LogP contribution in [0.3, 0.4) is 0 Å². The van der Waals surface area contributed by atoms with Gasteiger partial charge in [0.15, 0.2) is 11.5 Å². The van der Waals surface area contributed by atoms with E-state index in [0.29, 0.717) is 18.1 Å². The molecule has 2 aliphatic heterocycles. The van der Waals surface area contributed by atoms with Crippen LogP contribution in [0.2, 0.25) is 0 Å². The zero-order valence-electron chi connectivity index (χ0n) is 15.8. The van der Waals surface area contributed by atoms with Crippen molar-refractivity contribution >= 4 is 17.7 Å². The van der Waals surface area contributed by atoms with Crippen LogP contribution in [0.1, 0.15) is 30.4 Å². The fraction of sp³-hybridized carbons (Fsp3) is 0.429. The number of methoxy groups -OCH3 is 1. The molecule has 0 spiro atoms. The first kappa shape index (κ1) is 17.8. The quantitative estimate of drug-likeness (QED) is 0.723. The van der Waals surface area contributed by atoms with Gasteiger partial charge < -0.3 is 19.7 Å². The molecule has 0 unspecified atom stereocenters. The molecule has 0 radical (unpaired) electrons. The van der Waals surface area contributed by atoms with Gasteiger partial charge in [0, 0.05) is 24.5 Å². The van der Waals surface area contributed by atoms with Crippen LogP contribution >= 0.6 is 0 Å². The topological polar surface area (TPSA) is 59.0 Å². The van der Waals surface area contributed by atoms with Gasteiger partial charge in [0.25, 0.3) is 0 Å². The third-order valence-electron chi connectivity index (χ3n) is 5.04. The van der Waals surface area contributed by atoms with Gasteiger partial charge in [0.05, 0.1) is 26.5 Å². The molecule has 6 heteroatoms. The highest BCUT2D eigenvalue weighted by Gasteiger charge is 2.12. The lowest BCUT2D eigenvalue weighted by Crippen LogP contribution is -2.21. The Kier molecular flexibility index (Phi) is 5.53. The number of ether oxygens (including phenoxy) is 2. The van der Waals surface area contributed by atoms with Gasteiger partial charge in [-0.3, -0.25) is 4.99 Å². The highest BCUT2D eigenvalue weighted by Crippen LogP contribution is 2.30. The van der Waals surface area contributed by atoms with Gasteiger partial charge in [0.2, 0.25) is 0 Å². The van der Waals surface area contributed by atoms with Crippen LogP contribution in [0.25, 0.3) is 0 Å². The molecule has 0 saturated carbocycles. The average molecular weight is 366 g/mol. The summed E-state index contributed by atoms with van der Waals surface area (Å²) in [6.45, 7) is 4.98. The molecular formula is C21H26N4O2. The molecule has 0 atom stereocenters. The number of aromatic nitrogens is 1. The second-order valence-electron chi connectivity index (χ2n) is 6.98. The van der Waals surface area contributed by atoms with E-state index in [2.05, 4.69) is 32.3 Å². The van der Waals surface area contributed by atoms with Crippen LogP contribution in [0.4, 0.5) is 11.5 Å². The first-order chi connectivity index (χ1) is 13.3. The Hall–Kier alpha value is -2.60. The summed E-state index contributed by atoms with van der Waals surface area (Å²) in [7, 11) is 1.65. The standard InChI is InChI=1S/C21H26N4O2/c1-26-19-12-21(24-18-6-5-16-13-22-14-17(16)11-18)23-15-20(19)27-10-4-9-25-7-2-3-8-25/h5-6,11-12,14-15H,2-4,7-10,13H2,1H3,(H,23,24). The number of benzene rings is 1. The lowest BCUT2D eigenvalue weighted by Gasteiger charge is -2.15. The maximum absolute atomic E-state index is 5.89. The van der Waals surface area contributed by atoms with Crippen molar-refractivity contribution in [2.45, 2.75) is 25.8 Å². The van der Waals surface area contributed by atoms with Gasteiger partial charge in [-0.15, -0.1) is 0 Å². The fourth-order valence-electron chi connectivity index (χ4n) is 3.56. The summed E-state index contributed by atoms with van der Waals surface area (Å²) in [5.74, 6) is 2.10. The first-order valence-electron chi connectivity index (χ1n) is 9.61. The van der Waals surface area contributed by atoms with Crippen molar-refractivity contribution in [1.82, 2.24) is 9.88 Å². The van der Waals surface area contributed by atoms with Crippen LogP contribution < -0.4 is 14.8 Å². The predicted molar refractivity (Wildman–Crippen MR) is 108 cm³/mol. The van der Waals surface area contributed by atoms with Crippen LogP contribution in [-0.4, -0.2) is 49.4 Å². The number of anilines is 2. The van der Waals surface area contributed by atoms with E-state index in [0.717, 1.165) is 36.6 Å². The Morgan fingerprint density at radius 3 is 2.89 bits per heavy atom.